The van der Waals surface area contributed by atoms with Crippen molar-refractivity contribution in [1.82, 2.24) is 9.80 Å². The van der Waals surface area contributed by atoms with Gasteiger partial charge in [0.15, 0.2) is 0 Å². The van der Waals surface area contributed by atoms with Crippen LogP contribution in [0.4, 0.5) is 0 Å². The Bertz CT molecular complexity index is 535. The second-order valence-electron chi connectivity index (χ2n) is 6.03. The van der Waals surface area contributed by atoms with Gasteiger partial charge in [0.25, 0.3) is 0 Å². The molecule has 5 heteroatoms. The number of carboxylic acids is 1. The number of halogens is 1. The van der Waals surface area contributed by atoms with Crippen molar-refractivity contribution in [2.45, 2.75) is 31.8 Å². The van der Waals surface area contributed by atoms with E-state index in [9.17, 15) is 4.79 Å². The number of hydrogen-bond donors (Lipinski definition) is 1. The lowest BCUT2D eigenvalue weighted by molar-refractivity contribution is 0.0456. The highest BCUT2D eigenvalue weighted by atomic mass is 79.9. The number of rotatable bonds is 3. The molecule has 0 aromatic heterocycles. The van der Waals surface area contributed by atoms with Crippen LogP contribution < -0.4 is 0 Å². The summed E-state index contributed by atoms with van der Waals surface area (Å²) in [5.74, 6) is -0.877. The van der Waals surface area contributed by atoms with Crippen LogP contribution in [0.2, 0.25) is 0 Å². The van der Waals surface area contributed by atoms with Gasteiger partial charge in [-0.3, -0.25) is 9.80 Å². The average molecular weight is 353 g/mol. The van der Waals surface area contributed by atoms with Gasteiger partial charge in [0.2, 0.25) is 0 Å². The maximum atomic E-state index is 11.0. The summed E-state index contributed by atoms with van der Waals surface area (Å²) in [6.07, 6.45) is 4.01. The molecular weight excluding hydrogens is 332 g/mol. The lowest BCUT2D eigenvalue weighted by atomic mass is 9.99. The van der Waals surface area contributed by atoms with Gasteiger partial charge in [0.1, 0.15) is 0 Å². The van der Waals surface area contributed by atoms with Gasteiger partial charge in [-0.2, -0.15) is 0 Å². The van der Waals surface area contributed by atoms with E-state index in [-0.39, 0.29) is 0 Å². The number of piperidine rings is 1. The molecule has 0 saturated carbocycles. The smallest absolute Gasteiger partial charge is 0.335 e. The summed E-state index contributed by atoms with van der Waals surface area (Å²) < 4.78 is 0.897. The molecule has 21 heavy (non-hydrogen) atoms. The molecule has 1 N–H and O–H groups in total. The zero-order valence-electron chi connectivity index (χ0n) is 12.1. The Morgan fingerprint density at radius 3 is 2.90 bits per heavy atom. The highest BCUT2D eigenvalue weighted by Crippen LogP contribution is 2.25. The molecule has 2 fully saturated rings. The third kappa shape index (κ3) is 3.47. The lowest BCUT2D eigenvalue weighted by Gasteiger charge is -2.44. The van der Waals surface area contributed by atoms with E-state index in [2.05, 4.69) is 25.7 Å². The number of nitrogens with zero attached hydrogens (tertiary/aromatic N) is 2. The Morgan fingerprint density at radius 2 is 2.14 bits per heavy atom. The van der Waals surface area contributed by atoms with Crippen LogP contribution in [0.25, 0.3) is 0 Å². The summed E-state index contributed by atoms with van der Waals surface area (Å²) in [7, 11) is 0. The van der Waals surface area contributed by atoms with E-state index in [0.29, 0.717) is 11.6 Å². The molecule has 1 unspecified atom stereocenters. The number of hydrogen-bond acceptors (Lipinski definition) is 3. The first kappa shape index (κ1) is 15.0. The van der Waals surface area contributed by atoms with Crippen molar-refractivity contribution in [3.8, 4) is 0 Å². The largest absolute Gasteiger partial charge is 0.478 e. The first-order valence-electron chi connectivity index (χ1n) is 7.61. The van der Waals surface area contributed by atoms with E-state index in [4.69, 9.17) is 5.11 Å². The number of carbonyl (C=O) groups is 1. The third-order valence-corrected chi connectivity index (χ3v) is 5.35. The molecule has 2 saturated heterocycles. The number of carboxylic acid groups (broad SMARTS) is 1. The van der Waals surface area contributed by atoms with Crippen molar-refractivity contribution < 1.29 is 9.90 Å². The number of piperazine rings is 1. The van der Waals surface area contributed by atoms with Crippen molar-refractivity contribution in [1.29, 1.82) is 0 Å². The van der Waals surface area contributed by atoms with Crippen LogP contribution in [0.3, 0.4) is 0 Å². The summed E-state index contributed by atoms with van der Waals surface area (Å²) >= 11 is 3.51. The van der Waals surface area contributed by atoms with Gasteiger partial charge in [-0.15, -0.1) is 0 Å². The molecular formula is C16H21BrN2O2. The SMILES string of the molecule is O=C(O)c1ccc(CN2CCN3CCCCC3C2)c(Br)c1. The zero-order chi connectivity index (χ0) is 14.8. The predicted molar refractivity (Wildman–Crippen MR) is 85.6 cm³/mol. The van der Waals surface area contributed by atoms with Crippen molar-refractivity contribution >= 4 is 21.9 Å². The zero-order valence-corrected chi connectivity index (χ0v) is 13.7. The van der Waals surface area contributed by atoms with Crippen LogP contribution in [-0.2, 0) is 6.54 Å². The van der Waals surface area contributed by atoms with Gasteiger partial charge < -0.3 is 5.11 Å². The number of aromatic carboxylic acids is 1. The predicted octanol–water partition coefficient (Wildman–Crippen LogP) is 2.82. The van der Waals surface area contributed by atoms with Gasteiger partial charge in [-0.05, 0) is 37.1 Å². The first-order chi connectivity index (χ1) is 10.1. The molecule has 0 amide bonds. The molecule has 0 spiro atoms. The molecule has 1 atom stereocenters. The monoisotopic (exact) mass is 352 g/mol. The fraction of sp³-hybridized carbons (Fsp3) is 0.562. The Morgan fingerprint density at radius 1 is 1.29 bits per heavy atom. The van der Waals surface area contributed by atoms with Gasteiger partial charge in [-0.1, -0.05) is 28.4 Å². The van der Waals surface area contributed by atoms with Crippen LogP contribution in [0, 0.1) is 0 Å². The highest BCUT2D eigenvalue weighted by Gasteiger charge is 2.28. The topological polar surface area (TPSA) is 43.8 Å². The van der Waals surface area contributed by atoms with Crippen LogP contribution in [0.15, 0.2) is 22.7 Å². The molecule has 2 aliphatic heterocycles. The maximum Gasteiger partial charge on any atom is 0.335 e. The van der Waals surface area contributed by atoms with E-state index in [1.54, 1.807) is 12.1 Å². The van der Waals surface area contributed by atoms with Crippen molar-refractivity contribution in [3.05, 3.63) is 33.8 Å². The van der Waals surface area contributed by atoms with Crippen LogP contribution in [0.1, 0.15) is 35.2 Å². The first-order valence-corrected chi connectivity index (χ1v) is 8.41. The van der Waals surface area contributed by atoms with E-state index in [1.165, 1.54) is 31.4 Å². The fourth-order valence-electron chi connectivity index (χ4n) is 3.41. The fourth-order valence-corrected chi connectivity index (χ4v) is 3.92. The van der Waals surface area contributed by atoms with E-state index < -0.39 is 5.97 Å². The minimum absolute atomic E-state index is 0.336. The Kier molecular flexibility index (Phi) is 4.62. The molecule has 4 nitrogen and oxygen atoms in total. The Balaban J connectivity index is 1.65. The molecule has 0 radical (unpaired) electrons. The molecule has 3 rings (SSSR count). The van der Waals surface area contributed by atoms with Crippen LogP contribution in [0.5, 0.6) is 0 Å². The quantitative estimate of drug-likeness (QED) is 0.908. The molecule has 114 valence electrons. The third-order valence-electron chi connectivity index (χ3n) is 4.62. The summed E-state index contributed by atoms with van der Waals surface area (Å²) in [4.78, 5) is 16.1. The molecule has 1 aromatic carbocycles. The standard InChI is InChI=1S/C16H21BrN2O2/c17-15-9-12(16(20)21)4-5-13(15)10-18-7-8-19-6-2-1-3-14(19)11-18/h4-5,9,14H,1-3,6-8,10-11H2,(H,20,21). The Hall–Kier alpha value is -0.910. The maximum absolute atomic E-state index is 11.0. The van der Waals surface area contributed by atoms with Crippen LogP contribution in [-0.4, -0.2) is 53.1 Å². The van der Waals surface area contributed by atoms with Gasteiger partial charge in [0.05, 0.1) is 5.56 Å². The van der Waals surface area contributed by atoms with Gasteiger partial charge in [0, 0.05) is 36.7 Å². The number of benzene rings is 1. The molecule has 2 aliphatic rings. The highest BCUT2D eigenvalue weighted by molar-refractivity contribution is 9.10. The number of fused-ring (bicyclic) bond motifs is 1. The van der Waals surface area contributed by atoms with Crippen LogP contribution >= 0.6 is 15.9 Å². The average Bonchev–Trinajstić information content (AvgIpc) is 2.49. The van der Waals surface area contributed by atoms with Crippen molar-refractivity contribution in [2.75, 3.05) is 26.2 Å². The lowest BCUT2D eigenvalue weighted by Crippen LogP contribution is -2.54. The summed E-state index contributed by atoms with van der Waals surface area (Å²) in [6, 6.07) is 6.04. The summed E-state index contributed by atoms with van der Waals surface area (Å²) in [5, 5.41) is 9.01. The minimum atomic E-state index is -0.877. The molecule has 2 heterocycles. The van der Waals surface area contributed by atoms with Gasteiger partial charge in [-0.25, -0.2) is 4.79 Å². The molecule has 1 aromatic rings. The summed E-state index contributed by atoms with van der Waals surface area (Å²) in [6.45, 7) is 5.55. The second kappa shape index (κ2) is 6.46. The summed E-state index contributed by atoms with van der Waals surface area (Å²) in [5.41, 5.74) is 1.51. The Labute approximate surface area is 133 Å². The molecule has 0 aliphatic carbocycles. The van der Waals surface area contributed by atoms with Crippen molar-refractivity contribution in [3.63, 3.8) is 0 Å². The normalized spacial score (nSPS) is 23.8. The minimum Gasteiger partial charge on any atom is -0.478 e. The van der Waals surface area contributed by atoms with E-state index >= 15 is 0 Å². The van der Waals surface area contributed by atoms with Crippen molar-refractivity contribution in [2.24, 2.45) is 0 Å². The van der Waals surface area contributed by atoms with E-state index in [0.717, 1.165) is 30.7 Å². The molecule has 0 bridgehead atoms. The second-order valence-corrected chi connectivity index (χ2v) is 6.89. The van der Waals surface area contributed by atoms with Gasteiger partial charge >= 0.3 is 5.97 Å². The van der Waals surface area contributed by atoms with E-state index in [1.807, 2.05) is 6.07 Å².